The highest BCUT2D eigenvalue weighted by molar-refractivity contribution is 5.76. The average Bonchev–Trinajstić information content (AvgIpc) is 2.92. The van der Waals surface area contributed by atoms with Crippen LogP contribution in [0.4, 0.5) is 4.79 Å². The summed E-state index contributed by atoms with van der Waals surface area (Å²) in [4.78, 5) is 16.8. The van der Waals surface area contributed by atoms with Gasteiger partial charge >= 0.3 is 6.03 Å². The highest BCUT2D eigenvalue weighted by Gasteiger charge is 2.29. The van der Waals surface area contributed by atoms with Gasteiger partial charge in [-0.15, -0.1) is 0 Å². The lowest BCUT2D eigenvalue weighted by Crippen LogP contribution is -2.36. The fraction of sp³-hybridized carbons (Fsp3) is 0.955. The van der Waals surface area contributed by atoms with Gasteiger partial charge in [0.25, 0.3) is 0 Å². The lowest BCUT2D eigenvalue weighted by molar-refractivity contribution is 0.180. The third-order valence-electron chi connectivity index (χ3n) is 5.60. The van der Waals surface area contributed by atoms with Gasteiger partial charge in [0.15, 0.2) is 0 Å². The summed E-state index contributed by atoms with van der Waals surface area (Å²) in [5.41, 5.74) is 0. The smallest absolute Gasteiger partial charge is 0.320 e. The van der Waals surface area contributed by atoms with Gasteiger partial charge in [0.05, 0.1) is 0 Å². The van der Waals surface area contributed by atoms with Crippen LogP contribution in [-0.4, -0.2) is 42.0 Å². The van der Waals surface area contributed by atoms with E-state index in [1.165, 1.54) is 70.6 Å². The molecule has 0 aromatic carbocycles. The summed E-state index contributed by atoms with van der Waals surface area (Å²) < 4.78 is 0. The Hall–Kier alpha value is -0.730. The molecular formula is C22H44N2O. The van der Waals surface area contributed by atoms with Crippen LogP contribution in [0.1, 0.15) is 98.3 Å². The van der Waals surface area contributed by atoms with Crippen molar-refractivity contribution in [2.45, 2.75) is 98.3 Å². The SMILES string of the molecule is CCCCCCCC(C)CN1CCN(CC(C)CCCCCC)C1=O. The number of urea groups is 1. The van der Waals surface area contributed by atoms with Crippen LogP contribution < -0.4 is 0 Å². The number of unbranched alkanes of at least 4 members (excludes halogenated alkanes) is 7. The molecule has 0 bridgehead atoms. The number of hydrogen-bond acceptors (Lipinski definition) is 1. The number of amides is 2. The van der Waals surface area contributed by atoms with Crippen molar-refractivity contribution in [3.63, 3.8) is 0 Å². The Balaban J connectivity index is 2.19. The van der Waals surface area contributed by atoms with Gasteiger partial charge < -0.3 is 9.80 Å². The number of hydrogen-bond donors (Lipinski definition) is 0. The highest BCUT2D eigenvalue weighted by Crippen LogP contribution is 2.19. The van der Waals surface area contributed by atoms with Gasteiger partial charge in [-0.05, 0) is 24.7 Å². The Morgan fingerprint density at radius 3 is 1.56 bits per heavy atom. The molecule has 1 fully saturated rings. The molecule has 0 N–H and O–H groups in total. The minimum absolute atomic E-state index is 0.290. The largest absolute Gasteiger partial charge is 0.323 e. The number of nitrogens with zero attached hydrogens (tertiary/aromatic N) is 2. The van der Waals surface area contributed by atoms with E-state index in [-0.39, 0.29) is 0 Å². The molecule has 2 unspecified atom stereocenters. The van der Waals surface area contributed by atoms with Crippen molar-refractivity contribution in [1.29, 1.82) is 0 Å². The van der Waals surface area contributed by atoms with E-state index >= 15 is 0 Å². The van der Waals surface area contributed by atoms with Gasteiger partial charge in [-0.1, -0.05) is 85.5 Å². The van der Waals surface area contributed by atoms with Crippen LogP contribution >= 0.6 is 0 Å². The monoisotopic (exact) mass is 352 g/mol. The molecule has 1 heterocycles. The van der Waals surface area contributed by atoms with Crippen molar-refractivity contribution in [2.75, 3.05) is 26.2 Å². The minimum atomic E-state index is 0.290. The summed E-state index contributed by atoms with van der Waals surface area (Å²) in [5.74, 6) is 1.27. The minimum Gasteiger partial charge on any atom is -0.323 e. The number of carbonyl (C=O) groups is 1. The second-order valence-corrected chi connectivity index (χ2v) is 8.44. The maximum absolute atomic E-state index is 12.6. The van der Waals surface area contributed by atoms with Gasteiger partial charge in [0.1, 0.15) is 0 Å². The maximum atomic E-state index is 12.6. The summed E-state index contributed by atoms with van der Waals surface area (Å²) >= 11 is 0. The Morgan fingerprint density at radius 2 is 1.12 bits per heavy atom. The molecule has 1 saturated heterocycles. The van der Waals surface area contributed by atoms with E-state index < -0.39 is 0 Å². The predicted molar refractivity (Wildman–Crippen MR) is 109 cm³/mol. The molecule has 2 atom stereocenters. The van der Waals surface area contributed by atoms with Crippen LogP contribution in [0.2, 0.25) is 0 Å². The first kappa shape index (κ1) is 22.3. The fourth-order valence-corrected chi connectivity index (χ4v) is 3.92. The lowest BCUT2D eigenvalue weighted by atomic mass is 10.0. The molecule has 0 aromatic heterocycles. The molecule has 0 saturated carbocycles. The van der Waals surface area contributed by atoms with Gasteiger partial charge in [-0.3, -0.25) is 0 Å². The molecule has 25 heavy (non-hydrogen) atoms. The normalized spacial score (nSPS) is 17.4. The summed E-state index contributed by atoms with van der Waals surface area (Å²) in [5, 5.41) is 0. The molecule has 2 amide bonds. The van der Waals surface area contributed by atoms with Crippen molar-refractivity contribution in [3.8, 4) is 0 Å². The van der Waals surface area contributed by atoms with E-state index in [1.54, 1.807) is 0 Å². The van der Waals surface area contributed by atoms with Crippen molar-refractivity contribution in [1.82, 2.24) is 9.80 Å². The molecule has 1 aliphatic rings. The molecule has 3 heteroatoms. The zero-order chi connectivity index (χ0) is 18.5. The van der Waals surface area contributed by atoms with Gasteiger partial charge in [0.2, 0.25) is 0 Å². The van der Waals surface area contributed by atoms with E-state index in [1.807, 2.05) is 0 Å². The Bertz CT molecular complexity index is 345. The second kappa shape index (κ2) is 13.5. The van der Waals surface area contributed by atoms with Crippen molar-refractivity contribution < 1.29 is 4.79 Å². The number of carbonyl (C=O) groups excluding carboxylic acids is 1. The second-order valence-electron chi connectivity index (χ2n) is 8.44. The van der Waals surface area contributed by atoms with Crippen LogP contribution in [0, 0.1) is 11.8 Å². The Morgan fingerprint density at radius 1 is 0.720 bits per heavy atom. The van der Waals surface area contributed by atoms with Gasteiger partial charge in [-0.2, -0.15) is 0 Å². The van der Waals surface area contributed by atoms with Crippen LogP contribution in [0.5, 0.6) is 0 Å². The van der Waals surface area contributed by atoms with Crippen LogP contribution in [0.25, 0.3) is 0 Å². The fourth-order valence-electron chi connectivity index (χ4n) is 3.92. The van der Waals surface area contributed by atoms with E-state index in [2.05, 4.69) is 37.5 Å². The molecule has 1 rings (SSSR count). The molecule has 0 aromatic rings. The highest BCUT2D eigenvalue weighted by atomic mass is 16.2. The van der Waals surface area contributed by atoms with Crippen molar-refractivity contribution in [3.05, 3.63) is 0 Å². The summed E-state index contributed by atoms with van der Waals surface area (Å²) in [6, 6.07) is 0.290. The van der Waals surface area contributed by atoms with E-state index in [4.69, 9.17) is 0 Å². The molecule has 0 radical (unpaired) electrons. The van der Waals surface area contributed by atoms with Crippen LogP contribution in [-0.2, 0) is 0 Å². The van der Waals surface area contributed by atoms with Crippen LogP contribution in [0.15, 0.2) is 0 Å². The molecule has 1 aliphatic heterocycles. The van der Waals surface area contributed by atoms with E-state index in [0.717, 1.165) is 26.2 Å². The first-order chi connectivity index (χ1) is 12.1. The molecular weight excluding hydrogens is 308 g/mol. The lowest BCUT2D eigenvalue weighted by Gasteiger charge is -2.23. The molecule has 0 spiro atoms. The van der Waals surface area contributed by atoms with Gasteiger partial charge in [0, 0.05) is 26.2 Å². The first-order valence-electron chi connectivity index (χ1n) is 11.1. The van der Waals surface area contributed by atoms with Crippen molar-refractivity contribution >= 4 is 6.03 Å². The standard InChI is InChI=1S/C22H44N2O/c1-5-7-9-11-13-15-21(4)19-24-17-16-23(22(24)25)18-20(3)14-12-10-8-6-2/h20-21H,5-19H2,1-4H3. The Labute approximate surface area is 157 Å². The summed E-state index contributed by atoms with van der Waals surface area (Å²) in [7, 11) is 0. The van der Waals surface area contributed by atoms with Gasteiger partial charge in [-0.25, -0.2) is 4.79 Å². The quantitative estimate of drug-likeness (QED) is 0.316. The zero-order valence-electron chi connectivity index (χ0n) is 17.6. The molecule has 148 valence electrons. The average molecular weight is 353 g/mol. The van der Waals surface area contributed by atoms with E-state index in [0.29, 0.717) is 17.9 Å². The Kier molecular flexibility index (Phi) is 12.0. The topological polar surface area (TPSA) is 23.6 Å². The van der Waals surface area contributed by atoms with Crippen molar-refractivity contribution in [2.24, 2.45) is 11.8 Å². The summed E-state index contributed by atoms with van der Waals surface area (Å²) in [6.45, 7) is 12.9. The predicted octanol–water partition coefficient (Wildman–Crippen LogP) is 6.33. The zero-order valence-corrected chi connectivity index (χ0v) is 17.6. The molecule has 0 aliphatic carbocycles. The van der Waals surface area contributed by atoms with Crippen LogP contribution in [0.3, 0.4) is 0 Å². The first-order valence-corrected chi connectivity index (χ1v) is 11.1. The third-order valence-corrected chi connectivity index (χ3v) is 5.60. The van der Waals surface area contributed by atoms with E-state index in [9.17, 15) is 4.79 Å². The third kappa shape index (κ3) is 9.51. The molecule has 3 nitrogen and oxygen atoms in total. The maximum Gasteiger partial charge on any atom is 0.320 e. The summed E-state index contributed by atoms with van der Waals surface area (Å²) in [6.07, 6.45) is 14.6. The number of rotatable bonds is 15.